The molecule has 0 atom stereocenters. The molecule has 0 aliphatic heterocycles. The number of thioether (sulfide) groups is 1. The van der Waals surface area contributed by atoms with Crippen molar-refractivity contribution in [1.29, 1.82) is 0 Å². The largest absolute Gasteiger partial charge is 0.338 e. The van der Waals surface area contributed by atoms with E-state index < -0.39 is 0 Å². The van der Waals surface area contributed by atoms with Crippen LogP contribution in [0.5, 0.6) is 0 Å². The van der Waals surface area contributed by atoms with Crippen molar-refractivity contribution in [2.24, 2.45) is 7.05 Å². The van der Waals surface area contributed by atoms with E-state index in [1.165, 1.54) is 16.3 Å². The van der Waals surface area contributed by atoms with Crippen LogP contribution in [-0.4, -0.2) is 32.7 Å². The maximum Gasteiger partial charge on any atom is 0.261 e. The van der Waals surface area contributed by atoms with Crippen LogP contribution in [0.4, 0.5) is 0 Å². The van der Waals surface area contributed by atoms with Gasteiger partial charge in [0.2, 0.25) is 5.91 Å². The van der Waals surface area contributed by atoms with Gasteiger partial charge in [0.1, 0.15) is 0 Å². The standard InChI is InChI=1S/C21H23N3O2S/c1-4-24(13-16-8-6-5-7-9-16)19(25)14-27-21-22-18-11-10-15(2)12-17(18)20(26)23(21)3/h5-12H,4,13-14H2,1-3H3. The van der Waals surface area contributed by atoms with E-state index in [2.05, 4.69) is 4.98 Å². The second-order valence-electron chi connectivity index (χ2n) is 6.46. The number of amides is 1. The van der Waals surface area contributed by atoms with Crippen LogP contribution in [0.25, 0.3) is 10.9 Å². The Morgan fingerprint density at radius 1 is 1.19 bits per heavy atom. The molecule has 0 N–H and O–H groups in total. The third-order valence-electron chi connectivity index (χ3n) is 4.47. The Morgan fingerprint density at radius 2 is 1.93 bits per heavy atom. The minimum atomic E-state index is -0.0877. The Kier molecular flexibility index (Phi) is 5.96. The first-order valence-electron chi connectivity index (χ1n) is 8.91. The van der Waals surface area contributed by atoms with Gasteiger partial charge in [-0.15, -0.1) is 0 Å². The molecule has 1 heterocycles. The Balaban J connectivity index is 1.75. The lowest BCUT2D eigenvalue weighted by Gasteiger charge is -2.21. The summed E-state index contributed by atoms with van der Waals surface area (Å²) >= 11 is 1.30. The van der Waals surface area contributed by atoms with E-state index in [0.717, 1.165) is 11.1 Å². The summed E-state index contributed by atoms with van der Waals surface area (Å²) in [6.45, 7) is 5.14. The monoisotopic (exact) mass is 381 g/mol. The highest BCUT2D eigenvalue weighted by atomic mass is 32.2. The van der Waals surface area contributed by atoms with Gasteiger partial charge >= 0.3 is 0 Å². The normalized spacial score (nSPS) is 10.9. The van der Waals surface area contributed by atoms with Crippen LogP contribution in [0, 0.1) is 6.92 Å². The van der Waals surface area contributed by atoms with E-state index in [0.29, 0.717) is 29.1 Å². The summed E-state index contributed by atoms with van der Waals surface area (Å²) in [4.78, 5) is 31.6. The molecule has 3 rings (SSSR count). The van der Waals surface area contributed by atoms with Crippen molar-refractivity contribution < 1.29 is 4.79 Å². The minimum absolute atomic E-state index is 0.0320. The van der Waals surface area contributed by atoms with Gasteiger partial charge in [0.05, 0.1) is 16.7 Å². The van der Waals surface area contributed by atoms with Crippen LogP contribution in [0.2, 0.25) is 0 Å². The fourth-order valence-corrected chi connectivity index (χ4v) is 3.77. The molecule has 0 aliphatic carbocycles. The van der Waals surface area contributed by atoms with Crippen molar-refractivity contribution >= 4 is 28.6 Å². The van der Waals surface area contributed by atoms with E-state index in [1.807, 2.05) is 67.3 Å². The van der Waals surface area contributed by atoms with Crippen LogP contribution < -0.4 is 5.56 Å². The number of aromatic nitrogens is 2. The first kappa shape index (κ1) is 19.2. The summed E-state index contributed by atoms with van der Waals surface area (Å²) in [5, 5.41) is 1.16. The van der Waals surface area contributed by atoms with Crippen molar-refractivity contribution in [3.05, 3.63) is 70.0 Å². The number of aryl methyl sites for hydroxylation is 1. The SMILES string of the molecule is CCN(Cc1ccccc1)C(=O)CSc1nc2ccc(C)cc2c(=O)n1C. The van der Waals surface area contributed by atoms with Crippen LogP contribution in [0.3, 0.4) is 0 Å². The van der Waals surface area contributed by atoms with Crippen LogP contribution in [-0.2, 0) is 18.4 Å². The fraction of sp³-hybridized carbons (Fsp3) is 0.286. The highest BCUT2D eigenvalue weighted by Crippen LogP contribution is 2.18. The van der Waals surface area contributed by atoms with E-state index in [4.69, 9.17) is 0 Å². The topological polar surface area (TPSA) is 55.2 Å². The minimum Gasteiger partial charge on any atom is -0.338 e. The van der Waals surface area contributed by atoms with Gasteiger partial charge in [-0.25, -0.2) is 4.98 Å². The summed E-state index contributed by atoms with van der Waals surface area (Å²) in [7, 11) is 1.70. The molecule has 5 nitrogen and oxygen atoms in total. The third-order valence-corrected chi connectivity index (χ3v) is 5.48. The van der Waals surface area contributed by atoms with Crippen LogP contribution in [0.1, 0.15) is 18.1 Å². The van der Waals surface area contributed by atoms with Crippen molar-refractivity contribution in [3.63, 3.8) is 0 Å². The lowest BCUT2D eigenvalue weighted by atomic mass is 10.2. The molecule has 1 aromatic heterocycles. The lowest BCUT2D eigenvalue weighted by Crippen LogP contribution is -2.32. The van der Waals surface area contributed by atoms with Gasteiger partial charge in [0.25, 0.3) is 5.56 Å². The van der Waals surface area contributed by atoms with Crippen molar-refractivity contribution in [2.75, 3.05) is 12.3 Å². The first-order valence-corrected chi connectivity index (χ1v) is 9.90. The van der Waals surface area contributed by atoms with E-state index in [-0.39, 0.29) is 17.2 Å². The Labute approximate surface area is 163 Å². The number of fused-ring (bicyclic) bond motifs is 1. The highest BCUT2D eigenvalue weighted by molar-refractivity contribution is 7.99. The number of rotatable bonds is 6. The number of carbonyl (C=O) groups excluding carboxylic acids is 1. The van der Waals surface area contributed by atoms with Gasteiger partial charge < -0.3 is 4.90 Å². The van der Waals surface area contributed by atoms with Gasteiger partial charge in [-0.05, 0) is 31.5 Å². The maximum atomic E-state index is 12.6. The summed E-state index contributed by atoms with van der Waals surface area (Å²) in [5.41, 5.74) is 2.70. The average molecular weight is 382 g/mol. The molecule has 3 aromatic rings. The highest BCUT2D eigenvalue weighted by Gasteiger charge is 2.15. The summed E-state index contributed by atoms with van der Waals surface area (Å²) in [6.07, 6.45) is 0. The molecule has 0 fully saturated rings. The lowest BCUT2D eigenvalue weighted by molar-refractivity contribution is -0.128. The molecular weight excluding hydrogens is 358 g/mol. The molecular formula is C21H23N3O2S. The van der Waals surface area contributed by atoms with Gasteiger partial charge in [-0.2, -0.15) is 0 Å². The quantitative estimate of drug-likeness (QED) is 0.485. The summed E-state index contributed by atoms with van der Waals surface area (Å²) in [6, 6.07) is 15.6. The number of benzene rings is 2. The molecule has 6 heteroatoms. The smallest absolute Gasteiger partial charge is 0.261 e. The molecule has 0 saturated carbocycles. The Hall–Kier alpha value is -2.60. The number of hydrogen-bond acceptors (Lipinski definition) is 4. The number of carbonyl (C=O) groups is 1. The van der Waals surface area contributed by atoms with Crippen molar-refractivity contribution in [1.82, 2.24) is 14.5 Å². The Bertz CT molecular complexity index is 1020. The zero-order chi connectivity index (χ0) is 19.4. The Morgan fingerprint density at radius 3 is 2.63 bits per heavy atom. The van der Waals surface area contributed by atoms with Crippen molar-refractivity contribution in [2.45, 2.75) is 25.5 Å². The average Bonchev–Trinajstić information content (AvgIpc) is 2.68. The van der Waals surface area contributed by atoms with Crippen molar-refractivity contribution in [3.8, 4) is 0 Å². The second-order valence-corrected chi connectivity index (χ2v) is 7.40. The molecule has 1 amide bonds. The molecule has 140 valence electrons. The molecule has 0 spiro atoms. The predicted octanol–water partition coefficient (Wildman–Crippen LogP) is 3.38. The van der Waals surface area contributed by atoms with Gasteiger partial charge in [0, 0.05) is 20.1 Å². The first-order chi connectivity index (χ1) is 13.0. The van der Waals surface area contributed by atoms with Gasteiger partial charge in [0.15, 0.2) is 5.16 Å². The molecule has 0 aliphatic rings. The van der Waals surface area contributed by atoms with E-state index >= 15 is 0 Å². The number of nitrogens with zero attached hydrogens (tertiary/aromatic N) is 3. The van der Waals surface area contributed by atoms with Crippen LogP contribution in [0.15, 0.2) is 58.5 Å². The molecule has 0 bridgehead atoms. The molecule has 27 heavy (non-hydrogen) atoms. The predicted molar refractivity (Wildman–Crippen MR) is 110 cm³/mol. The zero-order valence-electron chi connectivity index (χ0n) is 15.8. The molecule has 2 aromatic carbocycles. The molecule has 0 unspecified atom stereocenters. The van der Waals surface area contributed by atoms with E-state index in [1.54, 1.807) is 7.05 Å². The van der Waals surface area contributed by atoms with Gasteiger partial charge in [-0.1, -0.05) is 53.7 Å². The summed E-state index contributed by atoms with van der Waals surface area (Å²) < 4.78 is 1.52. The summed E-state index contributed by atoms with van der Waals surface area (Å²) in [5.74, 6) is 0.280. The number of hydrogen-bond donors (Lipinski definition) is 0. The second kappa shape index (κ2) is 8.39. The fourth-order valence-electron chi connectivity index (χ4n) is 2.89. The van der Waals surface area contributed by atoms with Gasteiger partial charge in [-0.3, -0.25) is 14.2 Å². The van der Waals surface area contributed by atoms with Crippen LogP contribution >= 0.6 is 11.8 Å². The maximum absolute atomic E-state index is 12.6. The third kappa shape index (κ3) is 4.39. The zero-order valence-corrected chi connectivity index (χ0v) is 16.6. The molecule has 0 radical (unpaired) electrons. The molecule has 0 saturated heterocycles. The van der Waals surface area contributed by atoms with E-state index in [9.17, 15) is 9.59 Å².